The van der Waals surface area contributed by atoms with Gasteiger partial charge in [-0.3, -0.25) is 14.6 Å². The predicted octanol–water partition coefficient (Wildman–Crippen LogP) is 3.22. The molecule has 0 saturated heterocycles. The van der Waals surface area contributed by atoms with Gasteiger partial charge in [-0.05, 0) is 35.7 Å². The Morgan fingerprint density at radius 2 is 1.90 bits per heavy atom. The molecule has 1 aliphatic heterocycles. The molecule has 0 bridgehead atoms. The Bertz CT molecular complexity index is 908. The number of benzene rings is 2. The van der Waals surface area contributed by atoms with Gasteiger partial charge in [-0.15, -0.1) is 0 Å². The number of anilines is 2. The summed E-state index contributed by atoms with van der Waals surface area (Å²) < 4.78 is 0. The highest BCUT2D eigenvalue weighted by molar-refractivity contribution is 5.95. The van der Waals surface area contributed by atoms with Crippen molar-refractivity contribution in [1.82, 2.24) is 10.6 Å². The summed E-state index contributed by atoms with van der Waals surface area (Å²) in [5.74, 6) is 0.846. The molecular weight excluding hydrogens is 378 g/mol. The van der Waals surface area contributed by atoms with E-state index in [1.807, 2.05) is 49.4 Å². The zero-order valence-electron chi connectivity index (χ0n) is 17.5. The van der Waals surface area contributed by atoms with Crippen LogP contribution in [0.1, 0.15) is 43.2 Å². The van der Waals surface area contributed by atoms with Crippen LogP contribution >= 0.6 is 0 Å². The maximum absolute atomic E-state index is 12.0. The predicted molar refractivity (Wildman–Crippen MR) is 121 cm³/mol. The minimum Gasteiger partial charge on any atom is -0.356 e. The van der Waals surface area contributed by atoms with Crippen LogP contribution in [0.5, 0.6) is 0 Å². The van der Waals surface area contributed by atoms with Crippen LogP contribution in [0, 0.1) is 0 Å². The van der Waals surface area contributed by atoms with Crippen molar-refractivity contribution in [3.63, 3.8) is 0 Å². The van der Waals surface area contributed by atoms with Crippen LogP contribution in [0.4, 0.5) is 11.4 Å². The molecule has 1 unspecified atom stereocenters. The second-order valence-electron chi connectivity index (χ2n) is 7.34. The van der Waals surface area contributed by atoms with Crippen molar-refractivity contribution in [3.8, 4) is 0 Å². The van der Waals surface area contributed by atoms with Gasteiger partial charge < -0.3 is 21.3 Å². The van der Waals surface area contributed by atoms with Crippen molar-refractivity contribution >= 4 is 29.1 Å². The molecule has 2 aromatic carbocycles. The largest absolute Gasteiger partial charge is 0.356 e. The van der Waals surface area contributed by atoms with Gasteiger partial charge in [-0.25, -0.2) is 0 Å². The fourth-order valence-corrected chi connectivity index (χ4v) is 3.47. The molecule has 1 heterocycles. The van der Waals surface area contributed by atoms with Gasteiger partial charge in [0.1, 0.15) is 0 Å². The van der Waals surface area contributed by atoms with Crippen LogP contribution in [0.3, 0.4) is 0 Å². The van der Waals surface area contributed by atoms with E-state index in [-0.39, 0.29) is 17.7 Å². The molecule has 0 saturated carbocycles. The number of amides is 2. The van der Waals surface area contributed by atoms with Crippen molar-refractivity contribution < 1.29 is 9.59 Å². The molecule has 158 valence electrons. The Hall–Kier alpha value is -3.35. The van der Waals surface area contributed by atoms with Crippen molar-refractivity contribution in [1.29, 1.82) is 0 Å². The van der Waals surface area contributed by atoms with E-state index in [1.165, 1.54) is 0 Å². The number of carbonyl (C=O) groups is 2. The minimum absolute atomic E-state index is 0.0333. The average molecular weight is 408 g/mol. The molecule has 7 heteroatoms. The van der Waals surface area contributed by atoms with E-state index in [0.29, 0.717) is 31.9 Å². The number of hydrogen-bond donors (Lipinski definition) is 4. The Morgan fingerprint density at radius 1 is 1.13 bits per heavy atom. The van der Waals surface area contributed by atoms with Gasteiger partial charge in [-0.1, -0.05) is 37.3 Å². The molecule has 0 aromatic heterocycles. The number of carbonyl (C=O) groups excluding carboxylic acids is 2. The van der Waals surface area contributed by atoms with Crippen LogP contribution in [0.25, 0.3) is 0 Å². The maximum Gasteiger partial charge on any atom is 0.225 e. The van der Waals surface area contributed by atoms with E-state index in [1.54, 1.807) is 7.05 Å². The first-order valence-electron chi connectivity index (χ1n) is 10.3. The van der Waals surface area contributed by atoms with E-state index in [2.05, 4.69) is 32.3 Å². The number of hydrogen-bond acceptors (Lipinski definition) is 3. The number of rotatable bonds is 7. The lowest BCUT2D eigenvalue weighted by Gasteiger charge is -2.26. The van der Waals surface area contributed by atoms with Gasteiger partial charge in [0.25, 0.3) is 0 Å². The third-order valence-electron chi connectivity index (χ3n) is 5.02. The van der Waals surface area contributed by atoms with Gasteiger partial charge in [0, 0.05) is 50.3 Å². The lowest BCUT2D eigenvalue weighted by Crippen LogP contribution is -2.40. The quantitative estimate of drug-likeness (QED) is 0.419. The molecule has 3 rings (SSSR count). The van der Waals surface area contributed by atoms with E-state index >= 15 is 0 Å². The summed E-state index contributed by atoms with van der Waals surface area (Å²) in [4.78, 5) is 27.9. The van der Waals surface area contributed by atoms with Crippen molar-refractivity contribution in [2.24, 2.45) is 4.99 Å². The molecule has 2 aromatic rings. The SMILES string of the molecule is CCCC(=O)Nc1ccc(CNC(=NC)NCC2CC(=O)Nc3ccccc32)cc1. The van der Waals surface area contributed by atoms with Crippen molar-refractivity contribution in [3.05, 3.63) is 59.7 Å². The first-order chi connectivity index (χ1) is 14.6. The number of para-hydroxylation sites is 1. The maximum atomic E-state index is 12.0. The molecule has 0 radical (unpaired) electrons. The molecule has 0 fully saturated rings. The van der Waals surface area contributed by atoms with Crippen LogP contribution in [0.15, 0.2) is 53.5 Å². The summed E-state index contributed by atoms with van der Waals surface area (Å²) in [7, 11) is 1.73. The van der Waals surface area contributed by atoms with Crippen molar-refractivity contribution in [2.75, 3.05) is 24.2 Å². The van der Waals surface area contributed by atoms with Crippen molar-refractivity contribution in [2.45, 2.75) is 38.6 Å². The highest BCUT2D eigenvalue weighted by Crippen LogP contribution is 2.31. The van der Waals surface area contributed by atoms with E-state index < -0.39 is 0 Å². The van der Waals surface area contributed by atoms with Gasteiger partial charge in [0.15, 0.2) is 5.96 Å². The fourth-order valence-electron chi connectivity index (χ4n) is 3.47. The average Bonchev–Trinajstić information content (AvgIpc) is 2.75. The smallest absolute Gasteiger partial charge is 0.225 e. The summed E-state index contributed by atoms with van der Waals surface area (Å²) in [6.45, 7) is 3.20. The Balaban J connectivity index is 1.51. The van der Waals surface area contributed by atoms with Crippen LogP contribution < -0.4 is 21.3 Å². The van der Waals surface area contributed by atoms with Crippen LogP contribution in [-0.2, 0) is 16.1 Å². The molecule has 7 nitrogen and oxygen atoms in total. The highest BCUT2D eigenvalue weighted by atomic mass is 16.2. The standard InChI is InChI=1S/C23H29N5O2/c1-3-6-21(29)27-18-11-9-16(10-12-18)14-25-23(24-2)26-15-17-13-22(30)28-20-8-5-4-7-19(17)20/h4-5,7-12,17H,3,6,13-15H2,1-2H3,(H,27,29)(H,28,30)(H2,24,25,26). The molecule has 2 amide bonds. The summed E-state index contributed by atoms with van der Waals surface area (Å²) in [5, 5.41) is 12.4. The van der Waals surface area contributed by atoms with Gasteiger partial charge in [0.2, 0.25) is 11.8 Å². The summed E-state index contributed by atoms with van der Waals surface area (Å²) in [5.41, 5.74) is 3.90. The molecular formula is C23H29N5O2. The molecule has 4 N–H and O–H groups in total. The number of aliphatic imine (C=N–C) groups is 1. The zero-order chi connectivity index (χ0) is 21.3. The zero-order valence-corrected chi connectivity index (χ0v) is 17.5. The number of guanidine groups is 1. The normalized spacial score (nSPS) is 15.7. The third-order valence-corrected chi connectivity index (χ3v) is 5.02. The lowest BCUT2D eigenvalue weighted by molar-refractivity contribution is -0.117. The highest BCUT2D eigenvalue weighted by Gasteiger charge is 2.24. The fraction of sp³-hybridized carbons (Fsp3) is 0.348. The van der Waals surface area contributed by atoms with Crippen LogP contribution in [-0.4, -0.2) is 31.4 Å². The summed E-state index contributed by atoms with van der Waals surface area (Å²) >= 11 is 0. The summed E-state index contributed by atoms with van der Waals surface area (Å²) in [6.07, 6.45) is 1.81. The molecule has 0 aliphatic carbocycles. The number of nitrogens with one attached hydrogen (secondary N) is 4. The lowest BCUT2D eigenvalue weighted by atomic mass is 9.90. The van der Waals surface area contributed by atoms with Gasteiger partial charge >= 0.3 is 0 Å². The summed E-state index contributed by atoms with van der Waals surface area (Å²) in [6, 6.07) is 15.7. The van der Waals surface area contributed by atoms with Gasteiger partial charge in [-0.2, -0.15) is 0 Å². The molecule has 1 atom stereocenters. The van der Waals surface area contributed by atoms with E-state index in [0.717, 1.165) is 28.9 Å². The Labute approximate surface area is 177 Å². The topological polar surface area (TPSA) is 94.6 Å². The van der Waals surface area contributed by atoms with Crippen LogP contribution in [0.2, 0.25) is 0 Å². The minimum atomic E-state index is 0.0333. The molecule has 1 aliphatic rings. The Morgan fingerprint density at radius 3 is 2.63 bits per heavy atom. The second kappa shape index (κ2) is 10.4. The molecule has 0 spiro atoms. The number of nitrogens with zero attached hydrogens (tertiary/aromatic N) is 1. The molecule has 30 heavy (non-hydrogen) atoms. The first-order valence-corrected chi connectivity index (χ1v) is 10.3. The monoisotopic (exact) mass is 407 g/mol. The first kappa shape index (κ1) is 21.4. The van der Waals surface area contributed by atoms with Gasteiger partial charge in [0.05, 0.1) is 0 Å². The van der Waals surface area contributed by atoms with E-state index in [4.69, 9.17) is 0 Å². The third kappa shape index (κ3) is 5.83. The Kier molecular flexibility index (Phi) is 7.43. The van der Waals surface area contributed by atoms with E-state index in [9.17, 15) is 9.59 Å². The second-order valence-corrected chi connectivity index (χ2v) is 7.34. The number of fused-ring (bicyclic) bond motifs is 1.